The van der Waals surface area contributed by atoms with Crippen LogP contribution in [0.1, 0.15) is 46.2 Å². The number of anilines is 1. The van der Waals surface area contributed by atoms with E-state index in [-0.39, 0.29) is 0 Å². The number of nitrogens with one attached hydrogen (secondary N) is 1. The fourth-order valence-electron chi connectivity index (χ4n) is 1.46. The average molecular weight is 270 g/mol. The number of carboxylic acids is 1. The topological polar surface area (TPSA) is 62.2 Å². The van der Waals surface area contributed by atoms with Crippen molar-refractivity contribution < 1.29 is 9.90 Å². The molecule has 0 amide bonds. The first-order chi connectivity index (χ1) is 8.34. The molecule has 0 saturated carbocycles. The molecule has 0 fully saturated rings. The maximum Gasteiger partial charge on any atom is 0.315 e. The molecule has 5 heteroatoms. The lowest BCUT2D eigenvalue weighted by molar-refractivity contribution is -0.142. The van der Waals surface area contributed by atoms with Crippen LogP contribution in [-0.4, -0.2) is 22.6 Å². The molecule has 0 unspecified atom stereocenters. The van der Waals surface area contributed by atoms with Gasteiger partial charge >= 0.3 is 5.97 Å². The molecule has 4 nitrogen and oxygen atoms in total. The number of hydrogen-bond acceptors (Lipinski definition) is 4. The Morgan fingerprint density at radius 1 is 1.56 bits per heavy atom. The second-order valence-corrected chi connectivity index (χ2v) is 6.29. The summed E-state index contributed by atoms with van der Waals surface area (Å²) in [6, 6.07) is 0. The Morgan fingerprint density at radius 2 is 2.22 bits per heavy atom. The molecule has 18 heavy (non-hydrogen) atoms. The van der Waals surface area contributed by atoms with E-state index in [9.17, 15) is 4.79 Å². The molecule has 0 aliphatic heterocycles. The fraction of sp³-hybridized carbons (Fsp3) is 0.692. The SMILES string of the molecule is CC(C)CCCNc1nc(C(C)(C)C(=O)O)cs1. The van der Waals surface area contributed by atoms with Gasteiger partial charge in [0.2, 0.25) is 0 Å². The van der Waals surface area contributed by atoms with Gasteiger partial charge in [0.05, 0.1) is 5.69 Å². The second kappa shape index (κ2) is 6.18. The highest BCUT2D eigenvalue weighted by Crippen LogP contribution is 2.27. The van der Waals surface area contributed by atoms with Gasteiger partial charge < -0.3 is 10.4 Å². The smallest absolute Gasteiger partial charge is 0.315 e. The number of aromatic nitrogens is 1. The summed E-state index contributed by atoms with van der Waals surface area (Å²) >= 11 is 1.47. The minimum atomic E-state index is -0.922. The summed E-state index contributed by atoms with van der Waals surface area (Å²) in [7, 11) is 0. The van der Waals surface area contributed by atoms with Crippen molar-refractivity contribution in [3.63, 3.8) is 0 Å². The number of hydrogen-bond donors (Lipinski definition) is 2. The Morgan fingerprint density at radius 3 is 2.78 bits per heavy atom. The highest BCUT2D eigenvalue weighted by molar-refractivity contribution is 7.13. The summed E-state index contributed by atoms with van der Waals surface area (Å²) in [6.45, 7) is 8.65. The van der Waals surface area contributed by atoms with E-state index in [1.165, 1.54) is 17.8 Å². The van der Waals surface area contributed by atoms with E-state index < -0.39 is 11.4 Å². The number of nitrogens with zero attached hydrogens (tertiary/aromatic N) is 1. The van der Waals surface area contributed by atoms with E-state index in [1.54, 1.807) is 13.8 Å². The summed E-state index contributed by atoms with van der Waals surface area (Å²) < 4.78 is 0. The maximum atomic E-state index is 11.1. The monoisotopic (exact) mass is 270 g/mol. The Balaban J connectivity index is 2.51. The van der Waals surface area contributed by atoms with Crippen LogP contribution < -0.4 is 5.32 Å². The van der Waals surface area contributed by atoms with Crippen molar-refractivity contribution in [1.29, 1.82) is 0 Å². The minimum absolute atomic E-state index is 0.617. The molecule has 1 aromatic heterocycles. The van der Waals surface area contributed by atoms with Gasteiger partial charge in [0.25, 0.3) is 0 Å². The van der Waals surface area contributed by atoms with Crippen molar-refractivity contribution in [2.24, 2.45) is 5.92 Å². The van der Waals surface area contributed by atoms with Crippen LogP contribution in [0.4, 0.5) is 5.13 Å². The highest BCUT2D eigenvalue weighted by atomic mass is 32.1. The summed E-state index contributed by atoms with van der Waals surface area (Å²) in [6.07, 6.45) is 2.29. The van der Waals surface area contributed by atoms with Crippen molar-refractivity contribution in [2.45, 2.75) is 46.0 Å². The Labute approximate surface area is 112 Å². The quantitative estimate of drug-likeness (QED) is 0.746. The highest BCUT2D eigenvalue weighted by Gasteiger charge is 2.32. The Hall–Kier alpha value is -1.10. The first kappa shape index (κ1) is 15.0. The number of rotatable bonds is 7. The molecule has 0 radical (unpaired) electrons. The zero-order valence-electron chi connectivity index (χ0n) is 11.5. The molecule has 102 valence electrons. The van der Waals surface area contributed by atoms with E-state index >= 15 is 0 Å². The lowest BCUT2D eigenvalue weighted by Crippen LogP contribution is -2.28. The zero-order valence-corrected chi connectivity index (χ0v) is 12.3. The van der Waals surface area contributed by atoms with Crippen LogP contribution in [0.2, 0.25) is 0 Å². The van der Waals surface area contributed by atoms with Crippen LogP contribution in [0.15, 0.2) is 5.38 Å². The van der Waals surface area contributed by atoms with Gasteiger partial charge in [-0.25, -0.2) is 4.98 Å². The maximum absolute atomic E-state index is 11.1. The molecule has 0 aliphatic rings. The van der Waals surface area contributed by atoms with Crippen molar-refractivity contribution >= 4 is 22.4 Å². The first-order valence-corrected chi connectivity index (χ1v) is 7.15. The molecule has 0 saturated heterocycles. The number of aliphatic carboxylic acids is 1. The van der Waals surface area contributed by atoms with Gasteiger partial charge in [0.15, 0.2) is 5.13 Å². The number of thiazole rings is 1. The van der Waals surface area contributed by atoms with Crippen LogP contribution in [0, 0.1) is 5.92 Å². The summed E-state index contributed by atoms with van der Waals surface area (Å²) in [4.78, 5) is 15.5. The molecule has 1 heterocycles. The summed E-state index contributed by atoms with van der Waals surface area (Å²) in [5, 5.41) is 15.0. The molecule has 0 aromatic carbocycles. The van der Waals surface area contributed by atoms with Gasteiger partial charge in [0.1, 0.15) is 5.41 Å². The van der Waals surface area contributed by atoms with Crippen LogP contribution in [0.5, 0.6) is 0 Å². The van der Waals surface area contributed by atoms with E-state index in [4.69, 9.17) is 5.11 Å². The van der Waals surface area contributed by atoms with Gasteiger partial charge in [-0.15, -0.1) is 11.3 Å². The molecule has 0 bridgehead atoms. The molecular weight excluding hydrogens is 248 g/mol. The summed E-state index contributed by atoms with van der Waals surface area (Å²) in [5.41, 5.74) is -0.305. The Bertz CT molecular complexity index is 399. The predicted molar refractivity (Wildman–Crippen MR) is 75.3 cm³/mol. The van der Waals surface area contributed by atoms with E-state index in [0.717, 1.165) is 18.1 Å². The average Bonchev–Trinajstić information content (AvgIpc) is 2.73. The minimum Gasteiger partial charge on any atom is -0.481 e. The predicted octanol–water partition coefficient (Wildman–Crippen LogP) is 3.35. The van der Waals surface area contributed by atoms with Crippen molar-refractivity contribution in [2.75, 3.05) is 11.9 Å². The third-order valence-electron chi connectivity index (χ3n) is 2.91. The van der Waals surface area contributed by atoms with Gasteiger partial charge in [0, 0.05) is 11.9 Å². The largest absolute Gasteiger partial charge is 0.481 e. The summed E-state index contributed by atoms with van der Waals surface area (Å²) in [5.74, 6) is -0.135. The zero-order chi connectivity index (χ0) is 13.8. The molecule has 0 spiro atoms. The standard InChI is InChI=1S/C13H22N2O2S/c1-9(2)6-5-7-14-12-15-10(8-18-12)13(3,4)11(16)17/h8-9H,5-7H2,1-4H3,(H,14,15)(H,16,17). The third kappa shape index (κ3) is 3.98. The van der Waals surface area contributed by atoms with Crippen molar-refractivity contribution in [3.05, 3.63) is 11.1 Å². The van der Waals surface area contributed by atoms with Crippen molar-refractivity contribution in [3.8, 4) is 0 Å². The van der Waals surface area contributed by atoms with Gasteiger partial charge in [-0.1, -0.05) is 13.8 Å². The Kier molecular flexibility index (Phi) is 5.14. The second-order valence-electron chi connectivity index (χ2n) is 5.43. The van der Waals surface area contributed by atoms with Gasteiger partial charge in [-0.05, 0) is 32.6 Å². The lowest BCUT2D eigenvalue weighted by Gasteiger charge is -2.15. The molecule has 0 atom stereocenters. The lowest BCUT2D eigenvalue weighted by atomic mass is 9.90. The first-order valence-electron chi connectivity index (χ1n) is 6.27. The molecular formula is C13H22N2O2S. The van der Waals surface area contributed by atoms with Crippen LogP contribution in [-0.2, 0) is 10.2 Å². The van der Waals surface area contributed by atoms with E-state index in [0.29, 0.717) is 11.6 Å². The number of carboxylic acid groups (broad SMARTS) is 1. The molecule has 0 aliphatic carbocycles. The van der Waals surface area contributed by atoms with E-state index in [1.807, 2.05) is 5.38 Å². The molecule has 2 N–H and O–H groups in total. The molecule has 1 rings (SSSR count). The van der Waals surface area contributed by atoms with Gasteiger partial charge in [-0.2, -0.15) is 0 Å². The van der Waals surface area contributed by atoms with Crippen molar-refractivity contribution in [1.82, 2.24) is 4.98 Å². The van der Waals surface area contributed by atoms with Crippen LogP contribution in [0.25, 0.3) is 0 Å². The fourth-order valence-corrected chi connectivity index (χ4v) is 2.36. The van der Waals surface area contributed by atoms with Crippen LogP contribution in [0.3, 0.4) is 0 Å². The van der Waals surface area contributed by atoms with Gasteiger partial charge in [-0.3, -0.25) is 4.79 Å². The molecule has 1 aromatic rings. The number of carbonyl (C=O) groups is 1. The third-order valence-corrected chi connectivity index (χ3v) is 3.71. The normalized spacial score (nSPS) is 11.8. The van der Waals surface area contributed by atoms with E-state index in [2.05, 4.69) is 24.1 Å². The van der Waals surface area contributed by atoms with Crippen LogP contribution >= 0.6 is 11.3 Å².